The van der Waals surface area contributed by atoms with Gasteiger partial charge < -0.3 is 15.3 Å². The molecule has 10 heteroatoms. The van der Waals surface area contributed by atoms with Crippen LogP contribution in [0.1, 0.15) is 53.0 Å². The zero-order chi connectivity index (χ0) is 26.5. The summed E-state index contributed by atoms with van der Waals surface area (Å²) in [4.78, 5) is 38.9. The number of carbonyl (C=O) groups is 3. The molecule has 0 radical (unpaired) electrons. The van der Waals surface area contributed by atoms with Crippen LogP contribution in [0.5, 0.6) is 0 Å². The van der Waals surface area contributed by atoms with Crippen LogP contribution in [-0.2, 0) is 14.8 Å². The standard InChI is InChI=1S/C26H29N3O6S/c1-4-18-12-13-23(22(15-18)26(32)33)27-24(30)19-9-7-11-21(16-19)36(34,35)29-14-8-10-20(17-29)25(31)28(5-2)6-3/h1,7,9,11-13,15-16,20H,5-6,8,10,14,17H2,2-3H3,(H,27,30)(H,32,33). The van der Waals surface area contributed by atoms with Crippen molar-refractivity contribution in [2.24, 2.45) is 5.92 Å². The van der Waals surface area contributed by atoms with E-state index in [1.807, 2.05) is 13.8 Å². The summed E-state index contributed by atoms with van der Waals surface area (Å²) < 4.78 is 28.1. The van der Waals surface area contributed by atoms with Gasteiger partial charge in [-0.1, -0.05) is 12.0 Å². The highest BCUT2D eigenvalue weighted by Crippen LogP contribution is 2.26. The monoisotopic (exact) mass is 511 g/mol. The molecule has 2 amide bonds. The second-order valence-corrected chi connectivity index (χ2v) is 10.3. The maximum absolute atomic E-state index is 13.4. The maximum atomic E-state index is 13.4. The molecule has 1 heterocycles. The Balaban J connectivity index is 1.83. The van der Waals surface area contributed by atoms with E-state index in [0.717, 1.165) is 0 Å². The Morgan fingerprint density at radius 3 is 2.53 bits per heavy atom. The number of amides is 2. The van der Waals surface area contributed by atoms with E-state index >= 15 is 0 Å². The minimum atomic E-state index is -3.96. The summed E-state index contributed by atoms with van der Waals surface area (Å²) >= 11 is 0. The molecule has 0 bridgehead atoms. The van der Waals surface area contributed by atoms with Crippen molar-refractivity contribution >= 4 is 33.5 Å². The van der Waals surface area contributed by atoms with Crippen LogP contribution in [0.3, 0.4) is 0 Å². The first-order valence-corrected chi connectivity index (χ1v) is 13.1. The number of carboxylic acids is 1. The number of carbonyl (C=O) groups excluding carboxylic acids is 2. The second kappa shape index (κ2) is 11.4. The van der Waals surface area contributed by atoms with Gasteiger partial charge in [-0.25, -0.2) is 13.2 Å². The number of carboxylic acid groups (broad SMARTS) is 1. The average Bonchev–Trinajstić information content (AvgIpc) is 2.89. The number of rotatable bonds is 8. The number of terminal acetylenes is 1. The van der Waals surface area contributed by atoms with E-state index in [9.17, 15) is 27.9 Å². The lowest BCUT2D eigenvalue weighted by Crippen LogP contribution is -2.46. The Hall–Kier alpha value is -3.68. The number of anilines is 1. The molecular weight excluding hydrogens is 482 g/mol. The molecule has 1 saturated heterocycles. The molecule has 1 fully saturated rings. The molecule has 0 aromatic heterocycles. The molecule has 9 nitrogen and oxygen atoms in total. The molecule has 0 aliphatic carbocycles. The van der Waals surface area contributed by atoms with Gasteiger partial charge in [-0.05, 0) is 63.1 Å². The van der Waals surface area contributed by atoms with Crippen LogP contribution in [0, 0.1) is 18.3 Å². The van der Waals surface area contributed by atoms with Crippen molar-refractivity contribution in [3.63, 3.8) is 0 Å². The van der Waals surface area contributed by atoms with Crippen molar-refractivity contribution in [3.05, 3.63) is 59.2 Å². The molecule has 2 aromatic carbocycles. The van der Waals surface area contributed by atoms with Crippen LogP contribution in [0.15, 0.2) is 47.4 Å². The van der Waals surface area contributed by atoms with Crippen LogP contribution < -0.4 is 5.32 Å². The highest BCUT2D eigenvalue weighted by molar-refractivity contribution is 7.89. The summed E-state index contributed by atoms with van der Waals surface area (Å²) in [6, 6.07) is 9.68. The summed E-state index contributed by atoms with van der Waals surface area (Å²) in [5, 5.41) is 12.0. The Kier molecular flexibility index (Phi) is 8.50. The van der Waals surface area contributed by atoms with Gasteiger partial charge in [0.2, 0.25) is 15.9 Å². The minimum Gasteiger partial charge on any atom is -0.478 e. The lowest BCUT2D eigenvalue weighted by atomic mass is 9.98. The smallest absolute Gasteiger partial charge is 0.337 e. The lowest BCUT2D eigenvalue weighted by Gasteiger charge is -2.33. The summed E-state index contributed by atoms with van der Waals surface area (Å²) in [6.07, 6.45) is 6.50. The lowest BCUT2D eigenvalue weighted by molar-refractivity contribution is -0.136. The quantitative estimate of drug-likeness (QED) is 0.525. The van der Waals surface area contributed by atoms with Crippen molar-refractivity contribution in [3.8, 4) is 12.3 Å². The number of sulfonamides is 1. The van der Waals surface area contributed by atoms with Crippen molar-refractivity contribution in [1.82, 2.24) is 9.21 Å². The van der Waals surface area contributed by atoms with E-state index in [1.165, 1.54) is 46.8 Å². The summed E-state index contributed by atoms with van der Waals surface area (Å²) in [5.74, 6) is -0.0687. The predicted octanol–water partition coefficient (Wildman–Crippen LogP) is 2.89. The molecule has 190 valence electrons. The van der Waals surface area contributed by atoms with Crippen LogP contribution in [-0.4, -0.2) is 66.7 Å². The summed E-state index contributed by atoms with van der Waals surface area (Å²) in [6.45, 7) is 5.26. The van der Waals surface area contributed by atoms with Crippen molar-refractivity contribution < 1.29 is 27.9 Å². The SMILES string of the molecule is C#Cc1ccc(NC(=O)c2cccc(S(=O)(=O)N3CCCC(C(=O)N(CC)CC)C3)c2)c(C(=O)O)c1. The van der Waals surface area contributed by atoms with Crippen molar-refractivity contribution in [1.29, 1.82) is 0 Å². The van der Waals surface area contributed by atoms with Gasteiger partial charge in [-0.2, -0.15) is 4.31 Å². The zero-order valence-corrected chi connectivity index (χ0v) is 21.0. The third kappa shape index (κ3) is 5.75. The normalized spacial score (nSPS) is 16.1. The van der Waals surface area contributed by atoms with E-state index < -0.39 is 27.8 Å². The number of nitrogens with one attached hydrogen (secondary N) is 1. The van der Waals surface area contributed by atoms with E-state index in [0.29, 0.717) is 31.5 Å². The van der Waals surface area contributed by atoms with E-state index in [-0.39, 0.29) is 40.7 Å². The van der Waals surface area contributed by atoms with Crippen LogP contribution in [0.25, 0.3) is 0 Å². The van der Waals surface area contributed by atoms with Gasteiger partial charge in [0.25, 0.3) is 5.91 Å². The number of benzene rings is 2. The third-order valence-corrected chi connectivity index (χ3v) is 8.07. The van der Waals surface area contributed by atoms with Crippen LogP contribution in [0.4, 0.5) is 5.69 Å². The van der Waals surface area contributed by atoms with E-state index in [2.05, 4.69) is 11.2 Å². The molecular formula is C26H29N3O6S. The molecule has 0 spiro atoms. The topological polar surface area (TPSA) is 124 Å². The van der Waals surface area contributed by atoms with Crippen molar-refractivity contribution in [2.45, 2.75) is 31.6 Å². The Labute approximate surface area is 211 Å². The summed E-state index contributed by atoms with van der Waals surface area (Å²) in [7, 11) is -3.96. The first-order chi connectivity index (χ1) is 17.1. The highest BCUT2D eigenvalue weighted by Gasteiger charge is 2.34. The maximum Gasteiger partial charge on any atom is 0.337 e. The first kappa shape index (κ1) is 26.9. The molecule has 1 aliphatic rings. The van der Waals surface area contributed by atoms with Crippen LogP contribution in [0.2, 0.25) is 0 Å². The predicted molar refractivity (Wildman–Crippen MR) is 135 cm³/mol. The van der Waals surface area contributed by atoms with E-state index in [1.54, 1.807) is 4.90 Å². The van der Waals surface area contributed by atoms with Gasteiger partial charge in [0, 0.05) is 37.3 Å². The minimum absolute atomic E-state index is 0.0357. The number of nitrogens with zero attached hydrogens (tertiary/aromatic N) is 2. The fourth-order valence-corrected chi connectivity index (χ4v) is 5.79. The second-order valence-electron chi connectivity index (χ2n) is 8.40. The van der Waals surface area contributed by atoms with Crippen LogP contribution >= 0.6 is 0 Å². The van der Waals surface area contributed by atoms with Gasteiger partial charge >= 0.3 is 5.97 Å². The van der Waals surface area contributed by atoms with Crippen molar-refractivity contribution in [2.75, 3.05) is 31.5 Å². The van der Waals surface area contributed by atoms with E-state index in [4.69, 9.17) is 6.42 Å². The fourth-order valence-electron chi connectivity index (χ4n) is 4.22. The Morgan fingerprint density at radius 1 is 1.17 bits per heavy atom. The van der Waals surface area contributed by atoms with Gasteiger partial charge in [0.1, 0.15) is 0 Å². The number of piperidine rings is 1. The molecule has 1 atom stereocenters. The molecule has 2 aromatic rings. The number of aromatic carboxylic acids is 1. The number of hydrogen-bond acceptors (Lipinski definition) is 5. The fraction of sp³-hybridized carbons (Fsp3) is 0.346. The molecule has 2 N–H and O–H groups in total. The van der Waals surface area contributed by atoms with Gasteiger partial charge in [-0.15, -0.1) is 6.42 Å². The average molecular weight is 512 g/mol. The van der Waals surface area contributed by atoms with Gasteiger partial charge in [0.15, 0.2) is 0 Å². The summed E-state index contributed by atoms with van der Waals surface area (Å²) in [5.41, 5.74) is 0.243. The molecule has 3 rings (SSSR count). The zero-order valence-electron chi connectivity index (χ0n) is 20.2. The largest absolute Gasteiger partial charge is 0.478 e. The first-order valence-electron chi connectivity index (χ1n) is 11.7. The Bertz CT molecular complexity index is 1310. The highest BCUT2D eigenvalue weighted by atomic mass is 32.2. The molecule has 1 aliphatic heterocycles. The molecule has 1 unspecified atom stereocenters. The van der Waals surface area contributed by atoms with Gasteiger partial charge in [-0.3, -0.25) is 9.59 Å². The molecule has 0 saturated carbocycles. The molecule has 36 heavy (non-hydrogen) atoms. The Morgan fingerprint density at radius 2 is 1.89 bits per heavy atom. The third-order valence-electron chi connectivity index (χ3n) is 6.21. The van der Waals surface area contributed by atoms with Gasteiger partial charge in [0.05, 0.1) is 22.1 Å². The number of hydrogen-bond donors (Lipinski definition) is 2.